The largest absolute Gasteiger partial charge is 0.497 e. The highest BCUT2D eigenvalue weighted by atomic mass is 16.6. The van der Waals surface area contributed by atoms with Crippen LogP contribution in [0.2, 0.25) is 0 Å². The number of ether oxygens (including phenoxy) is 4. The first-order valence-electron chi connectivity index (χ1n) is 14.9. The molecule has 1 aliphatic carbocycles. The number of nitrogen functional groups attached to an aromatic ring is 1. The summed E-state index contributed by atoms with van der Waals surface area (Å²) in [5.74, 6) is 0.196. The van der Waals surface area contributed by atoms with Crippen LogP contribution in [0.5, 0.6) is 5.75 Å². The Labute approximate surface area is 256 Å². The molecule has 6 rings (SSSR count). The van der Waals surface area contributed by atoms with E-state index in [1.165, 1.54) is 4.57 Å². The van der Waals surface area contributed by atoms with Crippen molar-refractivity contribution in [2.75, 3.05) is 19.5 Å². The topological polar surface area (TPSA) is 115 Å². The van der Waals surface area contributed by atoms with Crippen LogP contribution in [0.4, 0.5) is 5.82 Å². The molecule has 0 amide bonds. The van der Waals surface area contributed by atoms with Gasteiger partial charge in [0.2, 0.25) is 0 Å². The highest BCUT2D eigenvalue weighted by Crippen LogP contribution is 2.63. The second-order valence-electron chi connectivity index (χ2n) is 11.8. The standard InChI is InChI=1S/C35H37N3O6/c1-23(2)31(39)44-30-28(43-32(34(30)19-20-34)38-21-18-29(36)37-33(38)40)22-42-35(24-10-6-4-7-11-24,25-12-8-5-9-13-25)26-14-16-27(41-3)17-15-26/h4-18,21,23,28,30,32H,19-20,22H2,1-3H3,(H2,36,37,40)/t28-,30-,32-/m1/s1. The van der Waals surface area contributed by atoms with E-state index >= 15 is 0 Å². The van der Waals surface area contributed by atoms with Gasteiger partial charge in [-0.3, -0.25) is 9.36 Å². The lowest BCUT2D eigenvalue weighted by Crippen LogP contribution is -2.41. The first-order chi connectivity index (χ1) is 21.3. The van der Waals surface area contributed by atoms with Crippen molar-refractivity contribution >= 4 is 11.8 Å². The summed E-state index contributed by atoms with van der Waals surface area (Å²) in [5.41, 5.74) is 6.37. The minimum absolute atomic E-state index is 0.0707. The minimum Gasteiger partial charge on any atom is -0.497 e. The van der Waals surface area contributed by atoms with Crippen LogP contribution in [0.3, 0.4) is 0 Å². The molecular weight excluding hydrogens is 558 g/mol. The number of hydrogen-bond donors (Lipinski definition) is 1. The van der Waals surface area contributed by atoms with Crippen LogP contribution >= 0.6 is 0 Å². The average molecular weight is 596 g/mol. The van der Waals surface area contributed by atoms with Crippen molar-refractivity contribution in [2.45, 2.75) is 50.7 Å². The third-order valence-corrected chi connectivity index (χ3v) is 8.67. The van der Waals surface area contributed by atoms with Gasteiger partial charge in [0.1, 0.15) is 35.6 Å². The van der Waals surface area contributed by atoms with Crippen molar-refractivity contribution in [1.82, 2.24) is 9.55 Å². The summed E-state index contributed by atoms with van der Waals surface area (Å²) < 4.78 is 26.8. The molecule has 2 heterocycles. The molecule has 2 N–H and O–H groups in total. The molecule has 1 aliphatic heterocycles. The van der Waals surface area contributed by atoms with Crippen LogP contribution in [0.1, 0.15) is 49.6 Å². The molecule has 4 aromatic rings. The van der Waals surface area contributed by atoms with E-state index in [2.05, 4.69) is 4.98 Å². The van der Waals surface area contributed by atoms with Crippen LogP contribution < -0.4 is 16.2 Å². The fraction of sp³-hybridized carbons (Fsp3) is 0.343. The molecule has 1 aromatic heterocycles. The van der Waals surface area contributed by atoms with Crippen molar-refractivity contribution in [3.05, 3.63) is 124 Å². The van der Waals surface area contributed by atoms with Crippen molar-refractivity contribution in [3.8, 4) is 5.75 Å². The van der Waals surface area contributed by atoms with E-state index in [0.717, 1.165) is 35.3 Å². The summed E-state index contributed by atoms with van der Waals surface area (Å²) in [6, 6.07) is 29.4. The summed E-state index contributed by atoms with van der Waals surface area (Å²) in [6.45, 7) is 3.67. The van der Waals surface area contributed by atoms with Gasteiger partial charge in [-0.25, -0.2) is 4.79 Å². The Morgan fingerprint density at radius 3 is 2.09 bits per heavy atom. The van der Waals surface area contributed by atoms with Gasteiger partial charge < -0.3 is 24.7 Å². The maximum absolute atomic E-state index is 13.0. The molecule has 9 heteroatoms. The fourth-order valence-corrected chi connectivity index (χ4v) is 6.22. The van der Waals surface area contributed by atoms with Gasteiger partial charge in [0.05, 0.1) is 25.0 Å². The predicted molar refractivity (Wildman–Crippen MR) is 165 cm³/mol. The van der Waals surface area contributed by atoms with E-state index in [1.807, 2.05) is 84.9 Å². The number of rotatable bonds is 10. The van der Waals surface area contributed by atoms with Crippen LogP contribution in [0.25, 0.3) is 0 Å². The number of nitrogens with two attached hydrogens (primary N) is 1. The normalized spacial score (nSPS) is 20.5. The van der Waals surface area contributed by atoms with Crippen LogP contribution in [-0.2, 0) is 24.6 Å². The maximum Gasteiger partial charge on any atom is 0.351 e. The summed E-state index contributed by atoms with van der Waals surface area (Å²) in [7, 11) is 1.63. The molecule has 2 fully saturated rings. The van der Waals surface area contributed by atoms with Gasteiger partial charge in [-0.05, 0) is 47.7 Å². The lowest BCUT2D eigenvalue weighted by Gasteiger charge is -2.37. The van der Waals surface area contributed by atoms with Crippen LogP contribution in [-0.4, -0.2) is 41.4 Å². The Balaban J connectivity index is 1.43. The molecule has 44 heavy (non-hydrogen) atoms. The molecule has 0 radical (unpaired) electrons. The zero-order valence-electron chi connectivity index (χ0n) is 25.1. The molecular formula is C35H37N3O6. The lowest BCUT2D eigenvalue weighted by molar-refractivity contribution is -0.161. The van der Waals surface area contributed by atoms with Crippen LogP contribution in [0, 0.1) is 11.3 Å². The SMILES string of the molecule is COc1ccc(C(OC[C@H]2O[C@@H](n3ccc(N)nc3=O)C3(CC3)[C@@H]2OC(=O)C(C)C)(c2ccccc2)c2ccccc2)cc1. The van der Waals surface area contributed by atoms with Gasteiger partial charge in [0.25, 0.3) is 0 Å². The maximum atomic E-state index is 13.0. The predicted octanol–water partition coefficient (Wildman–Crippen LogP) is 5.09. The zero-order chi connectivity index (χ0) is 30.9. The molecule has 0 bridgehead atoms. The highest BCUT2D eigenvalue weighted by molar-refractivity contribution is 5.72. The molecule has 0 unspecified atom stereocenters. The summed E-state index contributed by atoms with van der Waals surface area (Å²) in [5, 5.41) is 0. The van der Waals surface area contributed by atoms with Crippen molar-refractivity contribution < 1.29 is 23.7 Å². The fourth-order valence-electron chi connectivity index (χ4n) is 6.22. The van der Waals surface area contributed by atoms with Crippen molar-refractivity contribution in [2.24, 2.45) is 11.3 Å². The molecule has 1 saturated heterocycles. The van der Waals surface area contributed by atoms with Crippen molar-refractivity contribution in [3.63, 3.8) is 0 Å². The summed E-state index contributed by atoms with van der Waals surface area (Å²) in [6.07, 6.45) is 1.05. The number of benzene rings is 3. The number of carbonyl (C=O) groups excluding carboxylic acids is 1. The molecule has 1 spiro atoms. The Hall–Kier alpha value is -4.47. The Morgan fingerprint density at radius 1 is 0.977 bits per heavy atom. The highest BCUT2D eigenvalue weighted by Gasteiger charge is 2.67. The number of hydrogen-bond acceptors (Lipinski definition) is 8. The van der Waals surface area contributed by atoms with Gasteiger partial charge >= 0.3 is 11.7 Å². The molecule has 228 valence electrons. The van der Waals surface area contributed by atoms with Gasteiger partial charge in [0.15, 0.2) is 0 Å². The average Bonchev–Trinajstić information content (AvgIpc) is 3.79. The molecule has 3 atom stereocenters. The third kappa shape index (κ3) is 5.27. The second kappa shape index (κ2) is 11.9. The number of methoxy groups -OCH3 is 1. The minimum atomic E-state index is -1.04. The zero-order valence-corrected chi connectivity index (χ0v) is 25.1. The number of anilines is 1. The number of carbonyl (C=O) groups is 1. The van der Waals surface area contributed by atoms with Crippen LogP contribution in [0.15, 0.2) is 102 Å². The van der Waals surface area contributed by atoms with E-state index < -0.39 is 35.1 Å². The molecule has 2 aliphatic rings. The van der Waals surface area contributed by atoms with Gasteiger partial charge in [0, 0.05) is 6.20 Å². The third-order valence-electron chi connectivity index (χ3n) is 8.67. The van der Waals surface area contributed by atoms with Gasteiger partial charge in [-0.2, -0.15) is 4.98 Å². The first-order valence-corrected chi connectivity index (χ1v) is 14.9. The Morgan fingerprint density at radius 2 is 1.57 bits per heavy atom. The molecule has 1 saturated carbocycles. The quantitative estimate of drug-likeness (QED) is 0.199. The molecule has 3 aromatic carbocycles. The van der Waals surface area contributed by atoms with E-state index in [4.69, 9.17) is 24.7 Å². The van der Waals surface area contributed by atoms with Gasteiger partial charge in [-0.15, -0.1) is 0 Å². The van der Waals surface area contributed by atoms with E-state index in [1.54, 1.807) is 33.2 Å². The molecule has 9 nitrogen and oxygen atoms in total. The first kappa shape index (κ1) is 29.6. The Kier molecular flexibility index (Phi) is 8.00. The second-order valence-corrected chi connectivity index (χ2v) is 11.8. The number of aromatic nitrogens is 2. The smallest absolute Gasteiger partial charge is 0.351 e. The van der Waals surface area contributed by atoms with Crippen molar-refractivity contribution in [1.29, 1.82) is 0 Å². The Bertz CT molecular complexity index is 1610. The monoisotopic (exact) mass is 595 g/mol. The summed E-state index contributed by atoms with van der Waals surface area (Å²) in [4.78, 5) is 29.9. The number of esters is 1. The van der Waals surface area contributed by atoms with E-state index in [0.29, 0.717) is 0 Å². The number of nitrogens with zero attached hydrogens (tertiary/aromatic N) is 2. The lowest BCUT2D eigenvalue weighted by atomic mass is 9.80. The summed E-state index contributed by atoms with van der Waals surface area (Å²) >= 11 is 0. The van der Waals surface area contributed by atoms with E-state index in [9.17, 15) is 9.59 Å². The van der Waals surface area contributed by atoms with Gasteiger partial charge in [-0.1, -0.05) is 86.6 Å². The van der Waals surface area contributed by atoms with E-state index in [-0.39, 0.29) is 24.3 Å².